The Morgan fingerprint density at radius 2 is 2.14 bits per heavy atom. The molecule has 1 unspecified atom stereocenters. The summed E-state index contributed by atoms with van der Waals surface area (Å²) >= 11 is 0. The first kappa shape index (κ1) is 11.0. The minimum Gasteiger partial charge on any atom is -0.481 e. The highest BCUT2D eigenvalue weighted by atomic mass is 16.4. The molecule has 0 bridgehead atoms. The molecule has 0 saturated carbocycles. The van der Waals surface area contributed by atoms with Crippen molar-refractivity contribution in [3.05, 3.63) is 0 Å². The van der Waals surface area contributed by atoms with Crippen LogP contribution in [0.5, 0.6) is 0 Å². The Morgan fingerprint density at radius 1 is 1.57 bits per heavy atom. The second-order valence-electron chi connectivity index (χ2n) is 5.07. The molecule has 0 radical (unpaired) electrons. The van der Waals surface area contributed by atoms with Crippen molar-refractivity contribution in [3.8, 4) is 0 Å². The second kappa shape index (κ2) is 3.59. The number of rotatable bonds is 2. The average Bonchev–Trinajstić information content (AvgIpc) is 2.29. The Hall–Kier alpha value is -1.06. The number of carbonyl (C=O) groups excluding carboxylic acids is 1. The van der Waals surface area contributed by atoms with Crippen LogP contribution in [0.2, 0.25) is 0 Å². The van der Waals surface area contributed by atoms with Crippen molar-refractivity contribution in [1.82, 2.24) is 4.90 Å². The first-order chi connectivity index (χ1) is 6.29. The molecule has 0 aromatic heterocycles. The highest BCUT2D eigenvalue weighted by molar-refractivity contribution is 5.86. The summed E-state index contributed by atoms with van der Waals surface area (Å²) in [6, 6.07) is 0. The van der Waals surface area contributed by atoms with E-state index in [1.807, 2.05) is 20.8 Å². The van der Waals surface area contributed by atoms with Crippen LogP contribution in [0.25, 0.3) is 0 Å². The Bertz CT molecular complexity index is 255. The third-order valence-electron chi connectivity index (χ3n) is 2.23. The summed E-state index contributed by atoms with van der Waals surface area (Å²) < 4.78 is 0. The van der Waals surface area contributed by atoms with E-state index in [9.17, 15) is 9.59 Å². The highest BCUT2D eigenvalue weighted by Crippen LogP contribution is 2.23. The molecule has 4 nitrogen and oxygen atoms in total. The zero-order chi connectivity index (χ0) is 10.9. The Balaban J connectivity index is 2.58. The number of nitrogens with zero attached hydrogens (tertiary/aromatic N) is 1. The van der Waals surface area contributed by atoms with Gasteiger partial charge in [0.25, 0.3) is 0 Å². The molecule has 0 aliphatic carbocycles. The SMILES string of the molecule is CC(C)(C)CN1CC(C(=O)O)CC1=O. The molecule has 1 N–H and O–H groups in total. The number of hydrogen-bond acceptors (Lipinski definition) is 2. The summed E-state index contributed by atoms with van der Waals surface area (Å²) in [5, 5.41) is 8.77. The zero-order valence-corrected chi connectivity index (χ0v) is 8.91. The van der Waals surface area contributed by atoms with Crippen LogP contribution < -0.4 is 0 Å². The summed E-state index contributed by atoms with van der Waals surface area (Å²) in [6.45, 7) is 7.11. The van der Waals surface area contributed by atoms with Gasteiger partial charge >= 0.3 is 5.97 Å². The van der Waals surface area contributed by atoms with Crippen molar-refractivity contribution in [3.63, 3.8) is 0 Å². The van der Waals surface area contributed by atoms with Crippen LogP contribution in [0.4, 0.5) is 0 Å². The topological polar surface area (TPSA) is 57.6 Å². The molecule has 80 valence electrons. The van der Waals surface area contributed by atoms with E-state index in [-0.39, 0.29) is 17.7 Å². The van der Waals surface area contributed by atoms with E-state index in [2.05, 4.69) is 0 Å². The van der Waals surface area contributed by atoms with Crippen LogP contribution >= 0.6 is 0 Å². The lowest BCUT2D eigenvalue weighted by Crippen LogP contribution is -2.34. The molecule has 1 atom stereocenters. The molecule has 0 aromatic carbocycles. The van der Waals surface area contributed by atoms with Crippen molar-refractivity contribution < 1.29 is 14.7 Å². The fourth-order valence-electron chi connectivity index (χ4n) is 1.66. The lowest BCUT2D eigenvalue weighted by Gasteiger charge is -2.26. The lowest BCUT2D eigenvalue weighted by molar-refractivity contribution is -0.141. The number of aliphatic carboxylic acids is 1. The largest absolute Gasteiger partial charge is 0.481 e. The number of likely N-dealkylation sites (tertiary alicyclic amines) is 1. The summed E-state index contributed by atoms with van der Waals surface area (Å²) in [4.78, 5) is 23.8. The molecule has 1 rings (SSSR count). The fourth-order valence-corrected chi connectivity index (χ4v) is 1.66. The normalized spacial score (nSPS) is 22.9. The van der Waals surface area contributed by atoms with Gasteiger partial charge < -0.3 is 10.0 Å². The molecule has 14 heavy (non-hydrogen) atoms. The van der Waals surface area contributed by atoms with Gasteiger partial charge in [0.2, 0.25) is 5.91 Å². The smallest absolute Gasteiger partial charge is 0.308 e. The number of hydrogen-bond donors (Lipinski definition) is 1. The third kappa shape index (κ3) is 2.72. The van der Waals surface area contributed by atoms with E-state index in [1.165, 1.54) is 0 Å². The molecule has 0 aromatic rings. The van der Waals surface area contributed by atoms with Crippen LogP contribution in [0.3, 0.4) is 0 Å². The summed E-state index contributed by atoms with van der Waals surface area (Å²) in [5.74, 6) is -1.41. The van der Waals surface area contributed by atoms with E-state index in [0.29, 0.717) is 13.1 Å². The second-order valence-corrected chi connectivity index (χ2v) is 5.07. The first-order valence-electron chi connectivity index (χ1n) is 4.80. The molecule has 4 heteroatoms. The van der Waals surface area contributed by atoms with Crippen LogP contribution in [-0.2, 0) is 9.59 Å². The number of carbonyl (C=O) groups is 2. The quantitative estimate of drug-likeness (QED) is 0.720. The maximum absolute atomic E-state index is 11.4. The Labute approximate surface area is 83.9 Å². The Morgan fingerprint density at radius 3 is 2.50 bits per heavy atom. The van der Waals surface area contributed by atoms with Crippen molar-refractivity contribution in [1.29, 1.82) is 0 Å². The van der Waals surface area contributed by atoms with Gasteiger partial charge in [0.15, 0.2) is 0 Å². The summed E-state index contributed by atoms with van der Waals surface area (Å²) in [7, 11) is 0. The van der Waals surface area contributed by atoms with Gasteiger partial charge in [-0.1, -0.05) is 20.8 Å². The van der Waals surface area contributed by atoms with Crippen LogP contribution in [-0.4, -0.2) is 35.0 Å². The molecular formula is C10H17NO3. The van der Waals surface area contributed by atoms with Crippen molar-refractivity contribution >= 4 is 11.9 Å². The molecule has 1 aliphatic rings. The summed E-state index contributed by atoms with van der Waals surface area (Å²) in [5.41, 5.74) is 0.0308. The van der Waals surface area contributed by atoms with Crippen LogP contribution in [0.15, 0.2) is 0 Å². The van der Waals surface area contributed by atoms with E-state index in [4.69, 9.17) is 5.11 Å². The third-order valence-corrected chi connectivity index (χ3v) is 2.23. The zero-order valence-electron chi connectivity index (χ0n) is 8.91. The van der Waals surface area contributed by atoms with Crippen LogP contribution in [0.1, 0.15) is 27.2 Å². The van der Waals surface area contributed by atoms with Gasteiger partial charge in [-0.15, -0.1) is 0 Å². The lowest BCUT2D eigenvalue weighted by atomic mass is 9.96. The number of carboxylic acid groups (broad SMARTS) is 1. The molecule has 1 amide bonds. The van der Waals surface area contributed by atoms with Gasteiger partial charge in [-0.05, 0) is 5.41 Å². The van der Waals surface area contributed by atoms with Crippen LogP contribution in [0, 0.1) is 11.3 Å². The fraction of sp³-hybridized carbons (Fsp3) is 0.800. The Kier molecular flexibility index (Phi) is 2.83. The minimum atomic E-state index is -0.866. The molecule has 1 heterocycles. The molecule has 1 aliphatic heterocycles. The molecule has 1 fully saturated rings. The highest BCUT2D eigenvalue weighted by Gasteiger charge is 2.35. The number of amides is 1. The van der Waals surface area contributed by atoms with Gasteiger partial charge in [-0.3, -0.25) is 9.59 Å². The molecule has 0 spiro atoms. The van der Waals surface area contributed by atoms with E-state index in [1.54, 1.807) is 4.90 Å². The van der Waals surface area contributed by atoms with Gasteiger partial charge in [-0.2, -0.15) is 0 Å². The standard InChI is InChI=1S/C10H17NO3/c1-10(2,3)6-11-5-7(9(13)14)4-8(11)12/h7H,4-6H2,1-3H3,(H,13,14). The molecule has 1 saturated heterocycles. The van der Waals surface area contributed by atoms with Gasteiger partial charge in [0.1, 0.15) is 0 Å². The van der Waals surface area contributed by atoms with E-state index >= 15 is 0 Å². The monoisotopic (exact) mass is 199 g/mol. The average molecular weight is 199 g/mol. The summed E-state index contributed by atoms with van der Waals surface area (Å²) in [6.07, 6.45) is 0.158. The van der Waals surface area contributed by atoms with E-state index < -0.39 is 11.9 Å². The maximum atomic E-state index is 11.4. The van der Waals surface area contributed by atoms with Gasteiger partial charge in [0, 0.05) is 19.5 Å². The predicted octanol–water partition coefficient (Wildman–Crippen LogP) is 0.966. The maximum Gasteiger partial charge on any atom is 0.308 e. The van der Waals surface area contributed by atoms with E-state index in [0.717, 1.165) is 0 Å². The first-order valence-corrected chi connectivity index (χ1v) is 4.80. The number of carboxylic acids is 1. The minimum absolute atomic E-state index is 0.0308. The predicted molar refractivity (Wildman–Crippen MR) is 51.8 cm³/mol. The van der Waals surface area contributed by atoms with Crippen molar-refractivity contribution in [2.75, 3.05) is 13.1 Å². The van der Waals surface area contributed by atoms with Gasteiger partial charge in [-0.25, -0.2) is 0 Å². The molecular weight excluding hydrogens is 182 g/mol. The van der Waals surface area contributed by atoms with Gasteiger partial charge in [0.05, 0.1) is 5.92 Å². The van der Waals surface area contributed by atoms with Crippen molar-refractivity contribution in [2.45, 2.75) is 27.2 Å². The van der Waals surface area contributed by atoms with Crippen molar-refractivity contribution in [2.24, 2.45) is 11.3 Å².